The molecule has 0 atom stereocenters. The molecule has 0 unspecified atom stereocenters. The number of hydrogen-bond acceptors (Lipinski definition) is 6. The largest absolute Gasteiger partial charge is 0.457 e. The van der Waals surface area contributed by atoms with Gasteiger partial charge in [0.15, 0.2) is 5.82 Å². The van der Waals surface area contributed by atoms with Gasteiger partial charge in [0.2, 0.25) is 0 Å². The molecule has 0 saturated carbocycles. The first-order valence-corrected chi connectivity index (χ1v) is 13.0. The van der Waals surface area contributed by atoms with E-state index >= 15 is 0 Å². The zero-order valence-electron chi connectivity index (χ0n) is 22.0. The molecule has 0 N–H and O–H groups in total. The van der Waals surface area contributed by atoms with Gasteiger partial charge in [0, 0.05) is 11.1 Å². The van der Waals surface area contributed by atoms with Gasteiger partial charge in [0.05, 0.1) is 30.2 Å². The van der Waals surface area contributed by atoms with Crippen LogP contribution in [0.1, 0.15) is 27.4 Å². The van der Waals surface area contributed by atoms with Gasteiger partial charge in [0.25, 0.3) is 5.91 Å². The number of carbonyl (C=O) groups is 1. The van der Waals surface area contributed by atoms with Crippen molar-refractivity contribution in [3.05, 3.63) is 144 Å². The van der Waals surface area contributed by atoms with Crippen LogP contribution >= 0.6 is 0 Å². The van der Waals surface area contributed by atoms with E-state index in [2.05, 4.69) is 21.3 Å². The molecule has 4 aromatic carbocycles. The molecular formula is C33H24N6O2. The highest BCUT2D eigenvalue weighted by atomic mass is 16.5. The minimum Gasteiger partial charge on any atom is -0.457 e. The molecule has 198 valence electrons. The zero-order valence-corrected chi connectivity index (χ0v) is 22.0. The fourth-order valence-corrected chi connectivity index (χ4v) is 4.48. The Hall–Kier alpha value is -5.81. The second-order valence-corrected chi connectivity index (χ2v) is 9.37. The number of amides is 1. The van der Waals surface area contributed by atoms with E-state index in [1.54, 1.807) is 29.4 Å². The normalized spacial score (nSPS) is 10.7. The first kappa shape index (κ1) is 25.5. The number of para-hydroxylation sites is 2. The number of benzene rings is 4. The minimum atomic E-state index is -0.264. The van der Waals surface area contributed by atoms with Crippen molar-refractivity contribution in [2.24, 2.45) is 0 Å². The van der Waals surface area contributed by atoms with Crippen LogP contribution in [0.4, 0.5) is 5.69 Å². The molecule has 2 heterocycles. The molecule has 6 aromatic rings. The number of ether oxygens (including phenoxy) is 1. The second kappa shape index (κ2) is 11.5. The predicted octanol–water partition coefficient (Wildman–Crippen LogP) is 6.39. The van der Waals surface area contributed by atoms with E-state index in [1.807, 2.05) is 102 Å². The maximum Gasteiger partial charge on any atom is 0.277 e. The molecule has 8 heteroatoms. The molecule has 0 spiro atoms. The molecule has 0 saturated heterocycles. The third kappa shape index (κ3) is 5.79. The SMILES string of the molecule is N#Cc1ccc(Cn2cnnc2CN(C(=O)c2ccc3ccccc3n2)c2ccc(Oc3ccccc3)cc2)cc1. The summed E-state index contributed by atoms with van der Waals surface area (Å²) in [5.74, 6) is 1.72. The van der Waals surface area contributed by atoms with Crippen molar-refractivity contribution < 1.29 is 9.53 Å². The summed E-state index contributed by atoms with van der Waals surface area (Å²) in [5.41, 5.74) is 3.32. The van der Waals surface area contributed by atoms with Crippen LogP contribution in [0, 0.1) is 11.3 Å². The molecular weight excluding hydrogens is 512 g/mol. The Labute approximate surface area is 236 Å². The third-order valence-electron chi connectivity index (χ3n) is 6.62. The molecule has 0 bridgehead atoms. The van der Waals surface area contributed by atoms with Gasteiger partial charge in [-0.1, -0.05) is 54.6 Å². The van der Waals surface area contributed by atoms with Gasteiger partial charge in [-0.25, -0.2) is 4.98 Å². The van der Waals surface area contributed by atoms with Crippen LogP contribution in [0.15, 0.2) is 122 Å². The van der Waals surface area contributed by atoms with Crippen LogP contribution in [0.3, 0.4) is 0 Å². The van der Waals surface area contributed by atoms with Gasteiger partial charge in [-0.05, 0) is 66.2 Å². The molecule has 6 rings (SSSR count). The van der Waals surface area contributed by atoms with E-state index < -0.39 is 0 Å². The summed E-state index contributed by atoms with van der Waals surface area (Å²) in [6.45, 7) is 0.663. The number of anilines is 1. The number of nitrogens with zero attached hydrogens (tertiary/aromatic N) is 6. The maximum atomic E-state index is 14.0. The van der Waals surface area contributed by atoms with Crippen LogP contribution in [0.5, 0.6) is 11.5 Å². The highest BCUT2D eigenvalue weighted by Crippen LogP contribution is 2.27. The number of nitriles is 1. The molecule has 2 aromatic heterocycles. The van der Waals surface area contributed by atoms with Crippen LogP contribution < -0.4 is 9.64 Å². The van der Waals surface area contributed by atoms with Gasteiger partial charge in [-0.2, -0.15) is 5.26 Å². The highest BCUT2D eigenvalue weighted by molar-refractivity contribution is 6.05. The average Bonchev–Trinajstić information content (AvgIpc) is 3.47. The number of carbonyl (C=O) groups excluding carboxylic acids is 1. The smallest absolute Gasteiger partial charge is 0.277 e. The first-order chi connectivity index (χ1) is 20.2. The number of fused-ring (bicyclic) bond motifs is 1. The van der Waals surface area contributed by atoms with Crippen molar-refractivity contribution in [3.63, 3.8) is 0 Å². The Morgan fingerprint density at radius 1 is 0.829 bits per heavy atom. The lowest BCUT2D eigenvalue weighted by Crippen LogP contribution is -2.32. The Balaban J connectivity index is 1.31. The summed E-state index contributed by atoms with van der Waals surface area (Å²) in [5, 5.41) is 18.5. The molecule has 8 nitrogen and oxygen atoms in total. The highest BCUT2D eigenvalue weighted by Gasteiger charge is 2.22. The van der Waals surface area contributed by atoms with Crippen LogP contribution in [0.2, 0.25) is 0 Å². The molecule has 41 heavy (non-hydrogen) atoms. The fourth-order valence-electron chi connectivity index (χ4n) is 4.48. The van der Waals surface area contributed by atoms with E-state index in [0.29, 0.717) is 35.1 Å². The quantitative estimate of drug-likeness (QED) is 0.224. The molecule has 0 aliphatic carbocycles. The number of hydrogen-bond donors (Lipinski definition) is 0. The first-order valence-electron chi connectivity index (χ1n) is 13.0. The minimum absolute atomic E-state index is 0.169. The lowest BCUT2D eigenvalue weighted by molar-refractivity contribution is 0.0979. The van der Waals surface area contributed by atoms with Crippen molar-refractivity contribution in [1.29, 1.82) is 5.26 Å². The van der Waals surface area contributed by atoms with Crippen molar-refractivity contribution in [2.45, 2.75) is 13.1 Å². The van der Waals surface area contributed by atoms with Crippen LogP contribution in [-0.2, 0) is 13.1 Å². The summed E-state index contributed by atoms with van der Waals surface area (Å²) >= 11 is 0. The van der Waals surface area contributed by atoms with Gasteiger partial charge >= 0.3 is 0 Å². The standard InChI is InChI=1S/C33H24N6O2/c34-20-24-10-12-25(13-11-24)21-38-23-35-37-32(38)22-39(33(40)31-19-14-26-6-4-5-9-30(26)36-31)27-15-17-29(18-16-27)41-28-7-2-1-3-8-28/h1-19,23H,21-22H2. The Morgan fingerprint density at radius 3 is 2.34 bits per heavy atom. The lowest BCUT2D eigenvalue weighted by atomic mass is 10.1. The second-order valence-electron chi connectivity index (χ2n) is 9.37. The molecule has 0 aliphatic rings. The maximum absolute atomic E-state index is 14.0. The Bertz CT molecular complexity index is 1840. The van der Waals surface area contributed by atoms with Gasteiger partial charge in [0.1, 0.15) is 23.5 Å². The number of rotatable bonds is 8. The zero-order chi connectivity index (χ0) is 28.0. The van der Waals surface area contributed by atoms with Gasteiger partial charge in [-0.3, -0.25) is 9.69 Å². The van der Waals surface area contributed by atoms with Crippen molar-refractivity contribution in [3.8, 4) is 17.6 Å². The van der Waals surface area contributed by atoms with Gasteiger partial charge < -0.3 is 9.30 Å². The summed E-state index contributed by atoms with van der Waals surface area (Å²) in [6.07, 6.45) is 1.64. The summed E-state index contributed by atoms with van der Waals surface area (Å²) < 4.78 is 7.84. The van der Waals surface area contributed by atoms with E-state index in [9.17, 15) is 4.79 Å². The van der Waals surface area contributed by atoms with Crippen molar-refractivity contribution in [1.82, 2.24) is 19.7 Å². The summed E-state index contributed by atoms with van der Waals surface area (Å²) in [7, 11) is 0. The van der Waals surface area contributed by atoms with E-state index in [1.165, 1.54) is 0 Å². The van der Waals surface area contributed by atoms with Crippen LogP contribution in [0.25, 0.3) is 10.9 Å². The number of pyridine rings is 1. The van der Waals surface area contributed by atoms with Crippen LogP contribution in [-0.4, -0.2) is 25.7 Å². The third-order valence-corrected chi connectivity index (χ3v) is 6.62. The van der Waals surface area contributed by atoms with E-state index in [4.69, 9.17) is 10.00 Å². The number of aromatic nitrogens is 4. The fraction of sp³-hybridized carbons (Fsp3) is 0.0606. The monoisotopic (exact) mass is 536 g/mol. The molecule has 0 aliphatic heterocycles. The van der Waals surface area contributed by atoms with Crippen molar-refractivity contribution in [2.75, 3.05) is 4.90 Å². The summed E-state index contributed by atoms with van der Waals surface area (Å²) in [6, 6.07) is 37.7. The van der Waals surface area contributed by atoms with Crippen molar-refractivity contribution >= 4 is 22.5 Å². The topological polar surface area (TPSA) is 96.9 Å². The van der Waals surface area contributed by atoms with E-state index in [-0.39, 0.29) is 12.5 Å². The Morgan fingerprint density at radius 2 is 1.56 bits per heavy atom. The predicted molar refractivity (Wildman–Crippen MR) is 155 cm³/mol. The molecule has 1 amide bonds. The van der Waals surface area contributed by atoms with Gasteiger partial charge in [-0.15, -0.1) is 10.2 Å². The molecule has 0 fully saturated rings. The van der Waals surface area contributed by atoms with E-state index in [0.717, 1.165) is 22.2 Å². The lowest BCUT2D eigenvalue weighted by Gasteiger charge is -2.23. The molecule has 0 radical (unpaired) electrons. The Kier molecular flexibility index (Phi) is 7.15. The average molecular weight is 537 g/mol. The summed E-state index contributed by atoms with van der Waals surface area (Å²) in [4.78, 5) is 20.3.